The molecule has 3 rings (SSSR count). The van der Waals surface area contributed by atoms with Gasteiger partial charge in [-0.25, -0.2) is 0 Å². The van der Waals surface area contributed by atoms with Gasteiger partial charge in [0.05, 0.1) is 0 Å². The first-order valence-electron chi connectivity index (χ1n) is 6.56. The Morgan fingerprint density at radius 2 is 2.20 bits per heavy atom. The van der Waals surface area contributed by atoms with E-state index < -0.39 is 0 Å². The third-order valence-corrected chi connectivity index (χ3v) is 5.79. The largest absolute Gasteiger partial charge is 0.309 e. The highest BCUT2D eigenvalue weighted by molar-refractivity contribution is 9.10. The van der Waals surface area contributed by atoms with Crippen molar-refractivity contribution in [2.24, 2.45) is 0 Å². The van der Waals surface area contributed by atoms with Gasteiger partial charge < -0.3 is 5.32 Å². The van der Waals surface area contributed by atoms with Crippen LogP contribution in [0.4, 0.5) is 0 Å². The first kappa shape index (κ1) is 14.2. The van der Waals surface area contributed by atoms with E-state index in [-0.39, 0.29) is 0 Å². The van der Waals surface area contributed by atoms with E-state index in [4.69, 9.17) is 0 Å². The Morgan fingerprint density at radius 3 is 2.95 bits per heavy atom. The second-order valence-electron chi connectivity index (χ2n) is 4.62. The molecule has 5 heteroatoms. The van der Waals surface area contributed by atoms with Crippen LogP contribution >= 0.6 is 38.6 Å². The van der Waals surface area contributed by atoms with Crippen LogP contribution in [0.5, 0.6) is 0 Å². The summed E-state index contributed by atoms with van der Waals surface area (Å²) in [5, 5.41) is 5.75. The molecular weight excluding hydrogens is 352 g/mol. The number of pyridine rings is 1. The van der Waals surface area contributed by atoms with Crippen molar-refractivity contribution in [2.45, 2.75) is 19.4 Å². The average Bonchev–Trinajstić information content (AvgIpc) is 2.99. The molecule has 0 aliphatic carbocycles. The van der Waals surface area contributed by atoms with Gasteiger partial charge in [-0.05, 0) is 58.0 Å². The molecule has 0 aliphatic heterocycles. The summed E-state index contributed by atoms with van der Waals surface area (Å²) in [5.74, 6) is 0. The summed E-state index contributed by atoms with van der Waals surface area (Å²) in [6, 6.07) is 7.04. The van der Waals surface area contributed by atoms with Crippen molar-refractivity contribution < 1.29 is 0 Å². The Kier molecular flexibility index (Phi) is 4.51. The van der Waals surface area contributed by atoms with Crippen LogP contribution in [-0.4, -0.2) is 11.5 Å². The van der Waals surface area contributed by atoms with Crippen molar-refractivity contribution in [3.8, 4) is 0 Å². The second kappa shape index (κ2) is 6.35. The number of nitrogens with one attached hydrogen (secondary N) is 1. The minimum Gasteiger partial charge on any atom is -0.309 e. The molecule has 0 radical (unpaired) electrons. The highest BCUT2D eigenvalue weighted by atomic mass is 79.9. The number of fused-ring (bicyclic) bond motifs is 1. The lowest BCUT2D eigenvalue weighted by molar-refractivity contribution is 0.557. The molecule has 0 bridgehead atoms. The monoisotopic (exact) mass is 366 g/mol. The molecule has 0 aliphatic rings. The molecule has 0 saturated carbocycles. The van der Waals surface area contributed by atoms with Gasteiger partial charge in [0, 0.05) is 37.2 Å². The molecule has 1 N–H and O–H groups in total. The van der Waals surface area contributed by atoms with Crippen LogP contribution in [0.3, 0.4) is 0 Å². The Balaban J connectivity index is 1.86. The van der Waals surface area contributed by atoms with E-state index in [1.807, 2.05) is 35.1 Å². The molecular formula is C15H15BrN2S2. The molecule has 0 spiro atoms. The number of halogens is 1. The first-order chi connectivity index (χ1) is 9.76. The SMILES string of the molecule is CCNC(Cc1cncc(Br)c1)c1cc2sccc2s1. The van der Waals surface area contributed by atoms with Crippen LogP contribution in [0.15, 0.2) is 40.4 Å². The zero-order valence-corrected chi connectivity index (χ0v) is 14.3. The van der Waals surface area contributed by atoms with Gasteiger partial charge in [0.15, 0.2) is 0 Å². The fourth-order valence-electron chi connectivity index (χ4n) is 2.28. The minimum atomic E-state index is 0.362. The molecule has 0 aromatic carbocycles. The zero-order valence-electron chi connectivity index (χ0n) is 11.1. The van der Waals surface area contributed by atoms with E-state index >= 15 is 0 Å². The maximum atomic E-state index is 4.25. The maximum absolute atomic E-state index is 4.25. The summed E-state index contributed by atoms with van der Waals surface area (Å²) in [7, 11) is 0. The predicted octanol–water partition coefficient (Wildman–Crippen LogP) is 5.01. The Bertz CT molecular complexity index is 676. The molecule has 20 heavy (non-hydrogen) atoms. The van der Waals surface area contributed by atoms with E-state index in [0.717, 1.165) is 17.4 Å². The number of thiophene rings is 2. The summed E-state index contributed by atoms with van der Waals surface area (Å²) in [4.78, 5) is 5.67. The Morgan fingerprint density at radius 1 is 1.30 bits per heavy atom. The average molecular weight is 367 g/mol. The number of likely N-dealkylation sites (N-methyl/N-ethyl adjacent to an activating group) is 1. The van der Waals surface area contributed by atoms with Gasteiger partial charge in [-0.3, -0.25) is 4.98 Å². The normalized spacial score (nSPS) is 12.9. The van der Waals surface area contributed by atoms with Crippen LogP contribution in [-0.2, 0) is 6.42 Å². The van der Waals surface area contributed by atoms with E-state index in [0.29, 0.717) is 6.04 Å². The van der Waals surface area contributed by atoms with Gasteiger partial charge in [0.2, 0.25) is 0 Å². The lowest BCUT2D eigenvalue weighted by atomic mass is 10.1. The third kappa shape index (κ3) is 3.11. The maximum Gasteiger partial charge on any atom is 0.0456 e. The lowest BCUT2D eigenvalue weighted by Gasteiger charge is -2.16. The lowest BCUT2D eigenvalue weighted by Crippen LogP contribution is -2.22. The third-order valence-electron chi connectivity index (χ3n) is 3.15. The topological polar surface area (TPSA) is 24.9 Å². The van der Waals surface area contributed by atoms with E-state index in [1.54, 1.807) is 0 Å². The fourth-order valence-corrected chi connectivity index (χ4v) is 4.89. The standard InChI is InChI=1S/C15H15BrN2S2/c1-2-18-12(6-10-5-11(16)9-17-8-10)14-7-15-13(20-14)3-4-19-15/h3-5,7-9,12,18H,2,6H2,1H3. The minimum absolute atomic E-state index is 0.362. The summed E-state index contributed by atoms with van der Waals surface area (Å²) in [6.07, 6.45) is 4.74. The van der Waals surface area contributed by atoms with Crippen molar-refractivity contribution in [1.29, 1.82) is 0 Å². The van der Waals surface area contributed by atoms with Crippen molar-refractivity contribution in [2.75, 3.05) is 6.54 Å². The van der Waals surface area contributed by atoms with Gasteiger partial charge in [-0.15, -0.1) is 22.7 Å². The van der Waals surface area contributed by atoms with Crippen LogP contribution in [0.2, 0.25) is 0 Å². The molecule has 0 fully saturated rings. The van der Waals surface area contributed by atoms with Crippen LogP contribution < -0.4 is 5.32 Å². The van der Waals surface area contributed by atoms with Crippen LogP contribution in [0.25, 0.3) is 9.40 Å². The quantitative estimate of drug-likeness (QED) is 0.685. The first-order valence-corrected chi connectivity index (χ1v) is 9.05. The van der Waals surface area contributed by atoms with E-state index in [2.05, 4.69) is 56.7 Å². The molecule has 0 amide bonds. The number of rotatable bonds is 5. The molecule has 104 valence electrons. The fraction of sp³-hybridized carbons (Fsp3) is 0.267. The van der Waals surface area contributed by atoms with Gasteiger partial charge in [0.1, 0.15) is 0 Å². The Hall–Kier alpha value is -0.750. The number of hydrogen-bond donors (Lipinski definition) is 1. The van der Waals surface area contributed by atoms with Crippen LogP contribution in [0.1, 0.15) is 23.4 Å². The number of hydrogen-bond acceptors (Lipinski definition) is 4. The highest BCUT2D eigenvalue weighted by Crippen LogP contribution is 2.34. The molecule has 0 saturated heterocycles. The second-order valence-corrected chi connectivity index (χ2v) is 7.60. The predicted molar refractivity (Wildman–Crippen MR) is 91.8 cm³/mol. The Labute approximate surface area is 135 Å². The summed E-state index contributed by atoms with van der Waals surface area (Å²) in [5.41, 5.74) is 1.25. The molecule has 1 unspecified atom stereocenters. The summed E-state index contributed by atoms with van der Waals surface area (Å²) < 4.78 is 3.82. The van der Waals surface area contributed by atoms with E-state index in [9.17, 15) is 0 Å². The van der Waals surface area contributed by atoms with Crippen molar-refractivity contribution >= 4 is 48.0 Å². The molecule has 3 heterocycles. The van der Waals surface area contributed by atoms with Gasteiger partial charge in [-0.1, -0.05) is 6.92 Å². The van der Waals surface area contributed by atoms with Crippen molar-refractivity contribution in [3.63, 3.8) is 0 Å². The van der Waals surface area contributed by atoms with Gasteiger partial charge >= 0.3 is 0 Å². The molecule has 2 nitrogen and oxygen atoms in total. The van der Waals surface area contributed by atoms with Crippen molar-refractivity contribution in [1.82, 2.24) is 10.3 Å². The molecule has 3 aromatic heterocycles. The van der Waals surface area contributed by atoms with E-state index in [1.165, 1.54) is 19.8 Å². The van der Waals surface area contributed by atoms with Crippen molar-refractivity contribution in [3.05, 3.63) is 50.9 Å². The summed E-state index contributed by atoms with van der Waals surface area (Å²) in [6.45, 7) is 3.12. The highest BCUT2D eigenvalue weighted by Gasteiger charge is 2.15. The molecule has 1 atom stereocenters. The van der Waals surface area contributed by atoms with Gasteiger partial charge in [0.25, 0.3) is 0 Å². The van der Waals surface area contributed by atoms with Gasteiger partial charge in [-0.2, -0.15) is 0 Å². The zero-order chi connectivity index (χ0) is 13.9. The number of nitrogens with zero attached hydrogens (tertiary/aromatic N) is 1. The molecule has 3 aromatic rings. The smallest absolute Gasteiger partial charge is 0.0456 e. The number of aromatic nitrogens is 1. The summed E-state index contributed by atoms with van der Waals surface area (Å²) >= 11 is 7.20. The van der Waals surface area contributed by atoms with Crippen LogP contribution in [0, 0.1) is 0 Å².